The van der Waals surface area contributed by atoms with Crippen LogP contribution < -0.4 is 20.1 Å². The van der Waals surface area contributed by atoms with Gasteiger partial charge in [-0.3, -0.25) is 10.1 Å². The first-order valence-electron chi connectivity index (χ1n) is 10.6. The fraction of sp³-hybridized carbons (Fsp3) is 0.217. The van der Waals surface area contributed by atoms with Crippen LogP contribution in [0.5, 0.6) is 5.75 Å². The minimum atomic E-state index is -3.89. The summed E-state index contributed by atoms with van der Waals surface area (Å²) in [6.07, 6.45) is 0.802. The van der Waals surface area contributed by atoms with Crippen molar-refractivity contribution in [3.05, 3.63) is 70.0 Å². The molecule has 0 atom stereocenters. The van der Waals surface area contributed by atoms with Crippen LogP contribution in [0.4, 0.5) is 11.6 Å². The van der Waals surface area contributed by atoms with Gasteiger partial charge in [-0.15, -0.1) is 0 Å². The largest absolute Gasteiger partial charge is 0.493 e. The molecule has 1 aromatic heterocycles. The van der Waals surface area contributed by atoms with Gasteiger partial charge in [0.25, 0.3) is 15.9 Å². The lowest BCUT2D eigenvalue weighted by Crippen LogP contribution is -2.34. The van der Waals surface area contributed by atoms with E-state index in [9.17, 15) is 13.2 Å². The average molecular weight is 579 g/mol. The minimum Gasteiger partial charge on any atom is -0.493 e. The van der Waals surface area contributed by atoms with Crippen molar-refractivity contribution < 1.29 is 17.9 Å². The van der Waals surface area contributed by atoms with Gasteiger partial charge in [0.15, 0.2) is 5.11 Å². The van der Waals surface area contributed by atoms with Crippen LogP contribution in [-0.4, -0.2) is 36.0 Å². The fourth-order valence-corrected chi connectivity index (χ4v) is 4.53. The van der Waals surface area contributed by atoms with Gasteiger partial charge in [-0.25, -0.2) is 23.1 Å². The number of rotatable bonds is 8. The van der Waals surface area contributed by atoms with E-state index in [1.807, 2.05) is 6.92 Å². The van der Waals surface area contributed by atoms with Crippen molar-refractivity contribution in [2.75, 3.05) is 16.6 Å². The predicted octanol–water partition coefficient (Wildman–Crippen LogP) is 4.57. The number of sulfonamides is 1. The summed E-state index contributed by atoms with van der Waals surface area (Å²) in [5.41, 5.74) is 2.13. The first-order chi connectivity index (χ1) is 16.6. The Morgan fingerprint density at radius 2 is 1.71 bits per heavy atom. The van der Waals surface area contributed by atoms with Gasteiger partial charge < -0.3 is 10.1 Å². The molecule has 0 spiro atoms. The number of thiocarbonyl (C=S) groups is 1. The standard InChI is InChI=1S/C23H24BrN5O4S2/c1-4-11-33-20-10-5-16(24)13-19(20)21(30)28-23(34)27-17-6-8-18(9-7-17)35(31,32)29-22-25-14(2)12-15(3)26-22/h5-10,12-13H,4,11H2,1-3H3,(H,25,26,29)(H2,27,28,30,34). The predicted molar refractivity (Wildman–Crippen MR) is 142 cm³/mol. The zero-order valence-electron chi connectivity index (χ0n) is 19.3. The number of hydrogen-bond donors (Lipinski definition) is 3. The van der Waals surface area contributed by atoms with E-state index in [2.05, 4.69) is 41.3 Å². The third kappa shape index (κ3) is 7.44. The molecule has 3 N–H and O–H groups in total. The molecule has 0 bridgehead atoms. The molecule has 0 fully saturated rings. The van der Waals surface area contributed by atoms with Crippen molar-refractivity contribution >= 4 is 60.8 Å². The molecule has 0 saturated carbocycles. The topological polar surface area (TPSA) is 122 Å². The van der Waals surface area contributed by atoms with E-state index in [1.54, 1.807) is 38.1 Å². The molecule has 0 aliphatic carbocycles. The first-order valence-corrected chi connectivity index (χ1v) is 13.3. The highest BCUT2D eigenvalue weighted by Gasteiger charge is 2.17. The lowest BCUT2D eigenvalue weighted by atomic mass is 10.2. The lowest BCUT2D eigenvalue weighted by Gasteiger charge is -2.13. The van der Waals surface area contributed by atoms with Crippen molar-refractivity contribution in [3.8, 4) is 5.75 Å². The molecule has 184 valence electrons. The minimum absolute atomic E-state index is 0.00317. The van der Waals surface area contributed by atoms with E-state index >= 15 is 0 Å². The van der Waals surface area contributed by atoms with Crippen LogP contribution in [0.25, 0.3) is 0 Å². The van der Waals surface area contributed by atoms with Gasteiger partial charge in [-0.2, -0.15) is 0 Å². The maximum Gasteiger partial charge on any atom is 0.264 e. The van der Waals surface area contributed by atoms with E-state index in [1.165, 1.54) is 24.3 Å². The quantitative estimate of drug-likeness (QED) is 0.333. The van der Waals surface area contributed by atoms with E-state index in [0.29, 0.717) is 35.0 Å². The van der Waals surface area contributed by atoms with Crippen molar-refractivity contribution in [1.29, 1.82) is 0 Å². The number of hydrogen-bond acceptors (Lipinski definition) is 7. The Hall–Kier alpha value is -3.09. The Kier molecular flexibility index (Phi) is 8.76. The number of anilines is 2. The van der Waals surface area contributed by atoms with Gasteiger partial charge in [0, 0.05) is 21.5 Å². The van der Waals surface area contributed by atoms with Gasteiger partial charge in [0.05, 0.1) is 17.1 Å². The number of benzene rings is 2. The molecule has 1 heterocycles. The maximum atomic E-state index is 12.7. The molecule has 0 unspecified atom stereocenters. The summed E-state index contributed by atoms with van der Waals surface area (Å²) in [6.45, 7) is 5.96. The Labute approximate surface area is 217 Å². The second-order valence-electron chi connectivity index (χ2n) is 7.50. The first kappa shape index (κ1) is 26.5. The molecule has 1 amide bonds. The van der Waals surface area contributed by atoms with Crippen molar-refractivity contribution in [1.82, 2.24) is 15.3 Å². The summed E-state index contributed by atoms with van der Waals surface area (Å²) >= 11 is 8.61. The number of carbonyl (C=O) groups is 1. The summed E-state index contributed by atoms with van der Waals surface area (Å²) < 4.78 is 34.1. The van der Waals surface area contributed by atoms with Gasteiger partial charge >= 0.3 is 0 Å². The fourth-order valence-electron chi connectivity index (χ4n) is 3.02. The lowest BCUT2D eigenvalue weighted by molar-refractivity contribution is 0.0973. The highest BCUT2D eigenvalue weighted by molar-refractivity contribution is 9.10. The molecule has 9 nitrogen and oxygen atoms in total. The van der Waals surface area contributed by atoms with Gasteiger partial charge in [-0.1, -0.05) is 22.9 Å². The van der Waals surface area contributed by atoms with E-state index in [-0.39, 0.29) is 16.0 Å². The Morgan fingerprint density at radius 3 is 2.34 bits per heavy atom. The second kappa shape index (κ2) is 11.6. The van der Waals surface area contributed by atoms with E-state index in [4.69, 9.17) is 17.0 Å². The average Bonchev–Trinajstić information content (AvgIpc) is 2.77. The molecule has 3 aromatic rings. The van der Waals surface area contributed by atoms with E-state index < -0.39 is 15.9 Å². The van der Waals surface area contributed by atoms with Gasteiger partial charge in [-0.05, 0) is 81.0 Å². The Bertz CT molecular complexity index is 1330. The zero-order valence-corrected chi connectivity index (χ0v) is 22.5. The number of halogens is 1. The molecular weight excluding hydrogens is 554 g/mol. The van der Waals surface area contributed by atoms with E-state index in [0.717, 1.165) is 10.9 Å². The molecule has 2 aromatic carbocycles. The van der Waals surface area contributed by atoms with Crippen LogP contribution in [0, 0.1) is 13.8 Å². The number of amides is 1. The third-order valence-electron chi connectivity index (χ3n) is 4.51. The van der Waals surface area contributed by atoms with Crippen molar-refractivity contribution in [3.63, 3.8) is 0 Å². The van der Waals surface area contributed by atoms with Gasteiger partial charge in [0.2, 0.25) is 5.95 Å². The smallest absolute Gasteiger partial charge is 0.264 e. The second-order valence-corrected chi connectivity index (χ2v) is 10.5. The molecule has 0 aliphatic heterocycles. The molecule has 3 rings (SSSR count). The molecule has 0 radical (unpaired) electrons. The van der Waals surface area contributed by atoms with Crippen molar-refractivity contribution in [2.45, 2.75) is 32.1 Å². The summed E-state index contributed by atoms with van der Waals surface area (Å²) in [5, 5.41) is 5.53. The number of nitrogens with one attached hydrogen (secondary N) is 3. The van der Waals surface area contributed by atoms with Crippen LogP contribution in [0.3, 0.4) is 0 Å². The van der Waals surface area contributed by atoms with Crippen LogP contribution in [0.2, 0.25) is 0 Å². The third-order valence-corrected chi connectivity index (χ3v) is 6.55. The van der Waals surface area contributed by atoms with Crippen LogP contribution in [0.1, 0.15) is 35.1 Å². The molecular formula is C23H24BrN5O4S2. The molecule has 12 heteroatoms. The van der Waals surface area contributed by atoms with Crippen LogP contribution in [-0.2, 0) is 10.0 Å². The summed E-state index contributed by atoms with van der Waals surface area (Å²) in [6, 6.07) is 12.8. The SMILES string of the molecule is CCCOc1ccc(Br)cc1C(=O)NC(=S)Nc1ccc(S(=O)(=O)Nc2nc(C)cc(C)n2)cc1. The van der Waals surface area contributed by atoms with Crippen LogP contribution >= 0.6 is 28.1 Å². The Morgan fingerprint density at radius 1 is 1.06 bits per heavy atom. The van der Waals surface area contributed by atoms with Crippen LogP contribution in [0.15, 0.2) is 57.9 Å². The zero-order chi connectivity index (χ0) is 25.6. The molecule has 0 saturated heterocycles. The normalized spacial score (nSPS) is 11.0. The molecule has 0 aliphatic rings. The number of ether oxygens (including phenoxy) is 1. The summed E-state index contributed by atoms with van der Waals surface area (Å²) in [7, 11) is -3.89. The Balaban J connectivity index is 1.66. The highest BCUT2D eigenvalue weighted by Crippen LogP contribution is 2.24. The summed E-state index contributed by atoms with van der Waals surface area (Å²) in [5.74, 6) is 0.0142. The van der Waals surface area contributed by atoms with Crippen molar-refractivity contribution in [2.24, 2.45) is 0 Å². The van der Waals surface area contributed by atoms with Gasteiger partial charge in [0.1, 0.15) is 5.75 Å². The molecule has 35 heavy (non-hydrogen) atoms. The number of aryl methyl sites for hydroxylation is 2. The highest BCUT2D eigenvalue weighted by atomic mass is 79.9. The maximum absolute atomic E-state index is 12.7. The number of carbonyl (C=O) groups excluding carboxylic acids is 1. The number of aromatic nitrogens is 2. The summed E-state index contributed by atoms with van der Waals surface area (Å²) in [4.78, 5) is 21.0. The monoisotopic (exact) mass is 577 g/mol. The number of nitrogens with zero attached hydrogens (tertiary/aromatic N) is 2.